The molecular weight excluding hydrogens is 421 g/mol. The van der Waals surface area contributed by atoms with Crippen LogP contribution >= 0.6 is 35.7 Å². The molecule has 23 heavy (non-hydrogen) atoms. The molecule has 0 aliphatic carbocycles. The quantitative estimate of drug-likeness (QED) is 0.314. The third-order valence-electron chi connectivity index (χ3n) is 3.40. The zero-order valence-electron chi connectivity index (χ0n) is 14.2. The topological polar surface area (TPSA) is 52.6 Å². The first-order valence-electron chi connectivity index (χ1n) is 7.93. The molecule has 2 N–H and O–H groups in total. The van der Waals surface area contributed by atoms with Crippen LogP contribution in [0.5, 0.6) is 0 Å². The minimum absolute atomic E-state index is 0. The van der Waals surface area contributed by atoms with Crippen molar-refractivity contribution in [1.82, 2.24) is 15.2 Å². The van der Waals surface area contributed by atoms with Crippen molar-refractivity contribution < 1.29 is 0 Å². The lowest BCUT2D eigenvalue weighted by Gasteiger charge is -2.39. The summed E-state index contributed by atoms with van der Waals surface area (Å²) in [4.78, 5) is 11.4. The summed E-state index contributed by atoms with van der Waals surface area (Å²) >= 11 is 2.04. The first-order chi connectivity index (χ1) is 10.6. The minimum Gasteiger partial charge on any atom is -0.368 e. The van der Waals surface area contributed by atoms with Crippen LogP contribution in [0.1, 0.15) is 20.8 Å². The van der Waals surface area contributed by atoms with Gasteiger partial charge in [-0.2, -0.15) is 11.8 Å². The summed E-state index contributed by atoms with van der Waals surface area (Å²) in [5, 5.41) is 6.70. The molecule has 0 amide bonds. The Labute approximate surface area is 161 Å². The van der Waals surface area contributed by atoms with Gasteiger partial charge in [-0.25, -0.2) is 4.98 Å². The van der Waals surface area contributed by atoms with Crippen LogP contribution in [0.15, 0.2) is 29.4 Å². The first kappa shape index (κ1) is 20.3. The highest BCUT2D eigenvalue weighted by Crippen LogP contribution is 2.29. The van der Waals surface area contributed by atoms with Gasteiger partial charge in [-0.1, -0.05) is 6.07 Å². The molecule has 1 fully saturated rings. The molecule has 5 nitrogen and oxygen atoms in total. The highest BCUT2D eigenvalue weighted by Gasteiger charge is 2.28. The summed E-state index contributed by atoms with van der Waals surface area (Å²) in [5.74, 6) is 3.08. The molecule has 1 aliphatic heterocycles. The predicted molar refractivity (Wildman–Crippen MR) is 112 cm³/mol. The Balaban J connectivity index is 0.00000264. The van der Waals surface area contributed by atoms with Gasteiger partial charge < -0.3 is 15.5 Å². The molecule has 1 saturated heterocycles. The van der Waals surface area contributed by atoms with E-state index in [-0.39, 0.29) is 24.0 Å². The van der Waals surface area contributed by atoms with Crippen LogP contribution in [0.25, 0.3) is 0 Å². The van der Waals surface area contributed by atoms with E-state index in [1.165, 1.54) is 0 Å². The second-order valence-electron chi connectivity index (χ2n) is 5.91. The van der Waals surface area contributed by atoms with Gasteiger partial charge in [-0.3, -0.25) is 4.99 Å². The van der Waals surface area contributed by atoms with Gasteiger partial charge in [0.05, 0.1) is 6.54 Å². The molecule has 1 aliphatic rings. The van der Waals surface area contributed by atoms with Crippen molar-refractivity contribution in [2.45, 2.75) is 25.5 Å². The van der Waals surface area contributed by atoms with Crippen LogP contribution in [-0.2, 0) is 0 Å². The molecule has 0 aromatic carbocycles. The summed E-state index contributed by atoms with van der Waals surface area (Å²) in [5.41, 5.74) is 0. The SMILES string of the molecule is CCNC(=NCCNc1ccccn1)N1CCSC(C)(C)C1.I. The average Bonchev–Trinajstić information content (AvgIpc) is 2.50. The van der Waals surface area contributed by atoms with E-state index in [0.717, 1.165) is 50.3 Å². The van der Waals surface area contributed by atoms with Crippen molar-refractivity contribution in [3.8, 4) is 0 Å². The van der Waals surface area contributed by atoms with E-state index in [0.29, 0.717) is 4.75 Å². The highest BCUT2D eigenvalue weighted by molar-refractivity contribution is 14.0. The van der Waals surface area contributed by atoms with E-state index in [9.17, 15) is 0 Å². The van der Waals surface area contributed by atoms with Crippen molar-refractivity contribution in [2.75, 3.05) is 43.8 Å². The van der Waals surface area contributed by atoms with Gasteiger partial charge in [0.1, 0.15) is 5.82 Å². The van der Waals surface area contributed by atoms with Crippen LogP contribution < -0.4 is 10.6 Å². The number of halogens is 1. The molecule has 0 bridgehead atoms. The van der Waals surface area contributed by atoms with Gasteiger partial charge in [0, 0.05) is 42.9 Å². The third kappa shape index (κ3) is 7.15. The van der Waals surface area contributed by atoms with Gasteiger partial charge in [-0.05, 0) is 32.9 Å². The zero-order chi connectivity index (χ0) is 15.8. The molecule has 0 radical (unpaired) electrons. The zero-order valence-corrected chi connectivity index (χ0v) is 17.4. The van der Waals surface area contributed by atoms with E-state index in [2.05, 4.69) is 41.3 Å². The van der Waals surface area contributed by atoms with Crippen molar-refractivity contribution in [1.29, 1.82) is 0 Å². The molecular formula is C16H28IN5S. The normalized spacial score (nSPS) is 17.3. The second kappa shape index (κ2) is 10.2. The van der Waals surface area contributed by atoms with Crippen molar-refractivity contribution in [3.05, 3.63) is 24.4 Å². The fraction of sp³-hybridized carbons (Fsp3) is 0.625. The minimum atomic E-state index is 0. The molecule has 0 unspecified atom stereocenters. The summed E-state index contributed by atoms with van der Waals surface area (Å²) in [6.45, 7) is 11.2. The van der Waals surface area contributed by atoms with E-state index >= 15 is 0 Å². The average molecular weight is 449 g/mol. The number of guanidine groups is 1. The first-order valence-corrected chi connectivity index (χ1v) is 8.91. The predicted octanol–water partition coefficient (Wildman–Crippen LogP) is 2.90. The molecule has 1 aromatic rings. The Morgan fingerprint density at radius 1 is 1.43 bits per heavy atom. The fourth-order valence-electron chi connectivity index (χ4n) is 2.44. The molecule has 0 atom stereocenters. The van der Waals surface area contributed by atoms with Crippen molar-refractivity contribution >= 4 is 47.5 Å². The van der Waals surface area contributed by atoms with E-state index in [1.54, 1.807) is 6.20 Å². The fourth-order valence-corrected chi connectivity index (χ4v) is 3.55. The molecule has 1 aromatic heterocycles. The van der Waals surface area contributed by atoms with Gasteiger partial charge in [0.25, 0.3) is 0 Å². The number of rotatable bonds is 5. The number of pyridine rings is 1. The monoisotopic (exact) mass is 449 g/mol. The summed E-state index contributed by atoms with van der Waals surface area (Å²) < 4.78 is 0.292. The highest BCUT2D eigenvalue weighted by atomic mass is 127. The summed E-state index contributed by atoms with van der Waals surface area (Å²) in [6.07, 6.45) is 1.79. The van der Waals surface area contributed by atoms with Gasteiger partial charge in [-0.15, -0.1) is 24.0 Å². The van der Waals surface area contributed by atoms with Crippen LogP contribution in [0.4, 0.5) is 5.82 Å². The maximum Gasteiger partial charge on any atom is 0.194 e. The number of nitrogens with zero attached hydrogens (tertiary/aromatic N) is 3. The lowest BCUT2D eigenvalue weighted by molar-refractivity contribution is 0.376. The molecule has 2 heterocycles. The standard InChI is InChI=1S/C16H27N5S.HI/c1-4-17-15(21-11-12-22-16(2,3)13-21)20-10-9-19-14-7-5-6-8-18-14;/h5-8H,4,9-13H2,1-3H3,(H,17,20)(H,18,19);1H. The molecule has 0 spiro atoms. The van der Waals surface area contributed by atoms with Gasteiger partial charge in [0.15, 0.2) is 5.96 Å². The maximum atomic E-state index is 4.75. The Kier molecular flexibility index (Phi) is 9.04. The van der Waals surface area contributed by atoms with E-state index < -0.39 is 0 Å². The molecule has 0 saturated carbocycles. The van der Waals surface area contributed by atoms with Crippen LogP contribution in [0.3, 0.4) is 0 Å². The number of hydrogen-bond acceptors (Lipinski definition) is 4. The Hall–Kier alpha value is -0.700. The largest absolute Gasteiger partial charge is 0.368 e. The molecule has 2 rings (SSSR count). The van der Waals surface area contributed by atoms with Crippen molar-refractivity contribution in [3.63, 3.8) is 0 Å². The van der Waals surface area contributed by atoms with Crippen LogP contribution in [0.2, 0.25) is 0 Å². The smallest absolute Gasteiger partial charge is 0.194 e. The number of nitrogens with one attached hydrogen (secondary N) is 2. The maximum absolute atomic E-state index is 4.75. The number of aromatic nitrogens is 1. The molecule has 130 valence electrons. The van der Waals surface area contributed by atoms with E-state index in [1.807, 2.05) is 30.0 Å². The number of aliphatic imine (C=N–C) groups is 1. The number of hydrogen-bond donors (Lipinski definition) is 2. The lowest BCUT2D eigenvalue weighted by Crippen LogP contribution is -2.51. The summed E-state index contributed by atoms with van der Waals surface area (Å²) in [7, 11) is 0. The molecule has 7 heteroatoms. The van der Waals surface area contributed by atoms with Gasteiger partial charge in [0.2, 0.25) is 0 Å². The Bertz CT molecular complexity index is 481. The number of thioether (sulfide) groups is 1. The summed E-state index contributed by atoms with van der Waals surface area (Å²) in [6, 6.07) is 5.87. The Morgan fingerprint density at radius 2 is 2.26 bits per heavy atom. The Morgan fingerprint density at radius 3 is 2.91 bits per heavy atom. The van der Waals surface area contributed by atoms with Gasteiger partial charge >= 0.3 is 0 Å². The lowest BCUT2D eigenvalue weighted by atomic mass is 10.2. The van der Waals surface area contributed by atoms with Crippen LogP contribution in [-0.4, -0.2) is 59.1 Å². The third-order valence-corrected chi connectivity index (χ3v) is 4.70. The van der Waals surface area contributed by atoms with Crippen LogP contribution in [0, 0.1) is 0 Å². The van der Waals surface area contributed by atoms with Crippen molar-refractivity contribution in [2.24, 2.45) is 4.99 Å². The van der Waals surface area contributed by atoms with E-state index in [4.69, 9.17) is 4.99 Å². The number of anilines is 1. The second-order valence-corrected chi connectivity index (χ2v) is 7.71.